The Labute approximate surface area is 129 Å². The first-order chi connectivity index (χ1) is 10.2. The molecule has 1 aliphatic heterocycles. The highest BCUT2D eigenvalue weighted by molar-refractivity contribution is 7.98. The molecule has 3 rings (SSSR count). The number of nitriles is 1. The fourth-order valence-corrected chi connectivity index (χ4v) is 3.74. The lowest BCUT2D eigenvalue weighted by Crippen LogP contribution is -2.02. The van der Waals surface area contributed by atoms with Crippen LogP contribution < -0.4 is 0 Å². The molecular formula is C18H18FNS. The molecule has 1 atom stereocenters. The topological polar surface area (TPSA) is 23.8 Å². The molecule has 0 N–H and O–H groups in total. The van der Waals surface area contributed by atoms with Crippen molar-refractivity contribution in [1.29, 1.82) is 5.26 Å². The van der Waals surface area contributed by atoms with E-state index < -0.39 is 0 Å². The molecule has 2 aromatic carbocycles. The summed E-state index contributed by atoms with van der Waals surface area (Å²) in [5.74, 6) is 0.383. The maximum absolute atomic E-state index is 14.3. The molecule has 1 heterocycles. The summed E-state index contributed by atoms with van der Waals surface area (Å²) in [6.45, 7) is 6.09. The van der Waals surface area contributed by atoms with Crippen molar-refractivity contribution in [3.05, 3.63) is 64.5 Å². The lowest BCUT2D eigenvalue weighted by atomic mass is 9.89. The van der Waals surface area contributed by atoms with Gasteiger partial charge in [0.15, 0.2) is 0 Å². The van der Waals surface area contributed by atoms with Crippen molar-refractivity contribution < 1.29 is 4.39 Å². The number of benzene rings is 2. The molecule has 3 heteroatoms. The Morgan fingerprint density at radius 3 is 2.57 bits per heavy atom. The van der Waals surface area contributed by atoms with E-state index >= 15 is 0 Å². The van der Waals surface area contributed by atoms with E-state index in [1.165, 1.54) is 10.5 Å². The van der Waals surface area contributed by atoms with Gasteiger partial charge in [-0.1, -0.05) is 45.0 Å². The zero-order chi connectivity index (χ0) is 15.4. The van der Waals surface area contributed by atoms with Crippen LogP contribution in [0.15, 0.2) is 41.3 Å². The van der Waals surface area contributed by atoms with E-state index in [1.807, 2.05) is 38.1 Å². The van der Waals surface area contributed by atoms with Crippen LogP contribution in [0.1, 0.15) is 48.9 Å². The second-order valence-electron chi connectivity index (χ2n) is 4.65. The van der Waals surface area contributed by atoms with Crippen LogP contribution in [0.4, 0.5) is 4.39 Å². The van der Waals surface area contributed by atoms with Crippen molar-refractivity contribution >= 4 is 11.8 Å². The lowest BCUT2D eigenvalue weighted by Gasteiger charge is -2.15. The minimum atomic E-state index is -0.354. The van der Waals surface area contributed by atoms with Crippen LogP contribution in [0.2, 0.25) is 0 Å². The highest BCUT2D eigenvalue weighted by atomic mass is 32.2. The van der Waals surface area contributed by atoms with E-state index in [4.69, 9.17) is 5.26 Å². The van der Waals surface area contributed by atoms with E-state index in [9.17, 15) is 4.39 Å². The smallest absolute Gasteiger partial charge is 0.145 e. The molecule has 0 fully saturated rings. The zero-order valence-electron chi connectivity index (χ0n) is 12.5. The van der Waals surface area contributed by atoms with Gasteiger partial charge in [-0.2, -0.15) is 5.26 Å². The molecule has 0 amide bonds. The van der Waals surface area contributed by atoms with Gasteiger partial charge in [0.05, 0.1) is 5.56 Å². The molecule has 1 unspecified atom stereocenters. The van der Waals surface area contributed by atoms with Crippen molar-refractivity contribution in [1.82, 2.24) is 0 Å². The SMILES string of the molecule is CC.CC1c2ccccc2SCc2c1ccc(C#N)c2F. The summed E-state index contributed by atoms with van der Waals surface area (Å²) in [5, 5.41) is 8.93. The minimum absolute atomic E-state index is 0.137. The van der Waals surface area contributed by atoms with Crippen LogP contribution in [0.3, 0.4) is 0 Å². The van der Waals surface area contributed by atoms with E-state index in [-0.39, 0.29) is 17.3 Å². The van der Waals surface area contributed by atoms with E-state index in [2.05, 4.69) is 19.1 Å². The predicted molar refractivity (Wildman–Crippen MR) is 86.0 cm³/mol. The summed E-state index contributed by atoms with van der Waals surface area (Å²) in [4.78, 5) is 1.20. The van der Waals surface area contributed by atoms with Crippen LogP contribution in [0.5, 0.6) is 0 Å². The molecule has 0 aliphatic carbocycles. The number of nitrogens with zero attached hydrogens (tertiary/aromatic N) is 1. The molecule has 21 heavy (non-hydrogen) atoms. The van der Waals surface area contributed by atoms with Gasteiger partial charge in [0.1, 0.15) is 11.9 Å². The Balaban J connectivity index is 0.000000774. The standard InChI is InChI=1S/C16H12FNS.C2H6/c1-10-12-7-6-11(8-18)16(17)14(12)9-19-15-5-3-2-4-13(10)15;1-2/h2-7,10H,9H2,1H3;1-2H3. The summed E-state index contributed by atoms with van der Waals surface area (Å²) >= 11 is 1.64. The molecule has 108 valence electrons. The first-order valence-corrected chi connectivity index (χ1v) is 8.14. The predicted octanol–water partition coefficient (Wildman–Crippen LogP) is 5.48. The van der Waals surface area contributed by atoms with Gasteiger partial charge in [0.2, 0.25) is 0 Å². The fraction of sp³-hybridized carbons (Fsp3) is 0.278. The number of hydrogen-bond acceptors (Lipinski definition) is 2. The maximum atomic E-state index is 14.3. The Kier molecular flexibility index (Phi) is 5.03. The van der Waals surface area contributed by atoms with Crippen LogP contribution in [-0.2, 0) is 5.75 Å². The summed E-state index contributed by atoms with van der Waals surface area (Å²) in [6.07, 6.45) is 0. The third kappa shape index (κ3) is 2.82. The number of fused-ring (bicyclic) bond motifs is 2. The summed E-state index contributed by atoms with van der Waals surface area (Å²) < 4.78 is 14.3. The quantitative estimate of drug-likeness (QED) is 0.643. The number of rotatable bonds is 0. The third-order valence-corrected chi connectivity index (χ3v) is 4.74. The molecular weight excluding hydrogens is 281 g/mol. The van der Waals surface area contributed by atoms with Gasteiger partial charge in [-0.15, -0.1) is 11.8 Å². The van der Waals surface area contributed by atoms with Gasteiger partial charge >= 0.3 is 0 Å². The van der Waals surface area contributed by atoms with Gasteiger partial charge in [-0.05, 0) is 23.3 Å². The Morgan fingerprint density at radius 1 is 1.14 bits per heavy atom. The van der Waals surface area contributed by atoms with Crippen molar-refractivity contribution in [3.63, 3.8) is 0 Å². The molecule has 1 nitrogen and oxygen atoms in total. The zero-order valence-corrected chi connectivity index (χ0v) is 13.3. The van der Waals surface area contributed by atoms with Crippen molar-refractivity contribution in [2.45, 2.75) is 37.3 Å². The highest BCUT2D eigenvalue weighted by Crippen LogP contribution is 2.41. The fourth-order valence-electron chi connectivity index (χ4n) is 2.56. The van der Waals surface area contributed by atoms with Crippen LogP contribution >= 0.6 is 11.8 Å². The van der Waals surface area contributed by atoms with Crippen molar-refractivity contribution in [2.75, 3.05) is 0 Å². The second kappa shape index (κ2) is 6.78. The molecule has 0 radical (unpaired) electrons. The van der Waals surface area contributed by atoms with Crippen molar-refractivity contribution in [3.8, 4) is 6.07 Å². The second-order valence-corrected chi connectivity index (χ2v) is 5.67. The molecule has 0 saturated heterocycles. The van der Waals surface area contributed by atoms with Gasteiger partial charge in [-0.25, -0.2) is 4.39 Å². The van der Waals surface area contributed by atoms with E-state index in [1.54, 1.807) is 17.8 Å². The van der Waals surface area contributed by atoms with Gasteiger partial charge in [0.25, 0.3) is 0 Å². The number of halogens is 1. The first-order valence-electron chi connectivity index (χ1n) is 7.15. The van der Waals surface area contributed by atoms with Crippen LogP contribution in [0, 0.1) is 17.1 Å². The molecule has 2 aromatic rings. The largest absolute Gasteiger partial charge is 0.205 e. The van der Waals surface area contributed by atoms with Gasteiger partial charge in [0, 0.05) is 22.1 Å². The summed E-state index contributed by atoms with van der Waals surface area (Å²) in [6, 6.07) is 13.6. The molecule has 0 aromatic heterocycles. The minimum Gasteiger partial charge on any atom is -0.205 e. The Morgan fingerprint density at radius 2 is 1.86 bits per heavy atom. The van der Waals surface area contributed by atoms with E-state index in [0.29, 0.717) is 11.3 Å². The van der Waals surface area contributed by atoms with Gasteiger partial charge < -0.3 is 0 Å². The monoisotopic (exact) mass is 299 g/mol. The molecule has 1 aliphatic rings. The van der Waals surface area contributed by atoms with Gasteiger partial charge in [-0.3, -0.25) is 0 Å². The average molecular weight is 299 g/mol. The molecule has 0 bridgehead atoms. The number of thioether (sulfide) groups is 1. The summed E-state index contributed by atoms with van der Waals surface area (Å²) in [7, 11) is 0. The number of hydrogen-bond donors (Lipinski definition) is 0. The first kappa shape index (κ1) is 15.6. The third-order valence-electron chi connectivity index (χ3n) is 3.62. The highest BCUT2D eigenvalue weighted by Gasteiger charge is 2.23. The molecule has 0 spiro atoms. The molecule has 0 saturated carbocycles. The average Bonchev–Trinajstić information content (AvgIpc) is 2.68. The summed E-state index contributed by atoms with van der Waals surface area (Å²) in [5.41, 5.74) is 3.04. The van der Waals surface area contributed by atoms with E-state index in [0.717, 1.165) is 5.56 Å². The Hall–Kier alpha value is -1.79. The van der Waals surface area contributed by atoms with Crippen molar-refractivity contribution in [2.24, 2.45) is 0 Å². The van der Waals surface area contributed by atoms with Crippen LogP contribution in [-0.4, -0.2) is 0 Å². The lowest BCUT2D eigenvalue weighted by molar-refractivity contribution is 0.609. The maximum Gasteiger partial charge on any atom is 0.145 e. The normalized spacial score (nSPS) is 15.7. The van der Waals surface area contributed by atoms with Crippen LogP contribution in [0.25, 0.3) is 0 Å². The Bertz CT molecular complexity index is 688.